The summed E-state index contributed by atoms with van der Waals surface area (Å²) in [5.74, 6) is 0.122. The number of nitrogens with one attached hydrogen (secondary N) is 2. The summed E-state index contributed by atoms with van der Waals surface area (Å²) in [6.45, 7) is 2.66. The highest BCUT2D eigenvalue weighted by Crippen LogP contribution is 2.36. The number of likely N-dealkylation sites (tertiary alicyclic amines) is 1. The van der Waals surface area contributed by atoms with Gasteiger partial charge >= 0.3 is 0 Å². The second-order valence-electron chi connectivity index (χ2n) is 10.6. The average molecular weight is 568 g/mol. The Kier molecular flexibility index (Phi) is 7.71. The number of hydrogen-bond acceptors (Lipinski definition) is 5. The van der Waals surface area contributed by atoms with Gasteiger partial charge in [-0.15, -0.1) is 0 Å². The third-order valence-corrected chi connectivity index (χ3v) is 8.39. The van der Waals surface area contributed by atoms with Crippen LogP contribution in [0, 0.1) is 0 Å². The van der Waals surface area contributed by atoms with Crippen molar-refractivity contribution in [1.29, 1.82) is 0 Å². The van der Waals surface area contributed by atoms with Gasteiger partial charge in [0, 0.05) is 43.1 Å². The smallest absolute Gasteiger partial charge is 0.256 e. The molecule has 4 aromatic rings. The summed E-state index contributed by atoms with van der Waals surface area (Å²) >= 11 is 5.97. The number of carbonyl (C=O) groups is 2. The van der Waals surface area contributed by atoms with Crippen LogP contribution in [0.5, 0.6) is 5.75 Å². The van der Waals surface area contributed by atoms with Crippen LogP contribution in [0.3, 0.4) is 0 Å². The molecule has 1 atom stereocenters. The monoisotopic (exact) mass is 567 g/mol. The van der Waals surface area contributed by atoms with E-state index in [2.05, 4.69) is 39.5 Å². The Hall–Kier alpha value is -4.21. The van der Waals surface area contributed by atoms with Crippen LogP contribution in [0.1, 0.15) is 24.8 Å². The number of thiocarbonyl (C=S) groups is 1. The van der Waals surface area contributed by atoms with Gasteiger partial charge in [-0.2, -0.15) is 0 Å². The summed E-state index contributed by atoms with van der Waals surface area (Å²) in [7, 11) is 1.58. The lowest BCUT2D eigenvalue weighted by Gasteiger charge is -2.39. The second kappa shape index (κ2) is 11.7. The van der Waals surface area contributed by atoms with Gasteiger partial charge in [-0.25, -0.2) is 0 Å². The van der Waals surface area contributed by atoms with E-state index in [0.717, 1.165) is 43.4 Å². The minimum absolute atomic E-state index is 0.00237. The van der Waals surface area contributed by atoms with E-state index in [9.17, 15) is 9.59 Å². The van der Waals surface area contributed by atoms with Gasteiger partial charge in [-0.05, 0) is 66.3 Å². The zero-order valence-corrected chi connectivity index (χ0v) is 23.8. The molecule has 1 aromatic heterocycles. The summed E-state index contributed by atoms with van der Waals surface area (Å²) in [6, 6.07) is 24.9. The summed E-state index contributed by atoms with van der Waals surface area (Å²) in [5, 5.41) is 4.48. The third kappa shape index (κ3) is 5.55. The van der Waals surface area contributed by atoms with Crippen LogP contribution < -0.4 is 15.0 Å². The number of para-hydroxylation sites is 2. The van der Waals surface area contributed by atoms with Gasteiger partial charge in [0.1, 0.15) is 11.8 Å². The molecule has 2 amide bonds. The molecule has 9 heteroatoms. The molecule has 2 saturated heterocycles. The normalized spacial score (nSPS) is 18.3. The first-order valence-electron chi connectivity index (χ1n) is 13.9. The first kappa shape index (κ1) is 27.0. The van der Waals surface area contributed by atoms with Crippen molar-refractivity contribution in [2.75, 3.05) is 30.4 Å². The van der Waals surface area contributed by atoms with Crippen LogP contribution in [-0.2, 0) is 16.1 Å². The summed E-state index contributed by atoms with van der Waals surface area (Å²) in [4.78, 5) is 36.5. The first-order chi connectivity index (χ1) is 20.0. The van der Waals surface area contributed by atoms with Crippen molar-refractivity contribution >= 4 is 51.4 Å². The molecular weight excluding hydrogens is 534 g/mol. The van der Waals surface area contributed by atoms with Crippen LogP contribution in [0.2, 0.25) is 0 Å². The molecular formula is C32H33N5O3S. The SMILES string of the molecule is COc1ccccc1N1C(=O)C(CC(=O)Nc2ccc3cc[nH]c3c2)N(C2CCN(Cc3ccccc3)CC2)C1=S. The minimum atomic E-state index is -0.702. The molecule has 0 radical (unpaired) electrons. The number of hydrogen-bond donors (Lipinski definition) is 2. The number of aromatic nitrogens is 1. The largest absolute Gasteiger partial charge is 0.495 e. The van der Waals surface area contributed by atoms with Crippen molar-refractivity contribution in [2.24, 2.45) is 0 Å². The summed E-state index contributed by atoms with van der Waals surface area (Å²) < 4.78 is 5.57. The number of fused-ring (bicyclic) bond motifs is 1. The van der Waals surface area contributed by atoms with E-state index in [-0.39, 0.29) is 24.3 Å². The lowest BCUT2D eigenvalue weighted by Crippen LogP contribution is -2.49. The van der Waals surface area contributed by atoms with E-state index < -0.39 is 6.04 Å². The van der Waals surface area contributed by atoms with E-state index in [1.165, 1.54) is 5.56 Å². The lowest BCUT2D eigenvalue weighted by atomic mass is 10.00. The molecule has 2 aliphatic heterocycles. The fourth-order valence-electron chi connectivity index (χ4n) is 5.95. The molecule has 6 rings (SSSR count). The second-order valence-corrected chi connectivity index (χ2v) is 10.9. The topological polar surface area (TPSA) is 80.9 Å². The lowest BCUT2D eigenvalue weighted by molar-refractivity contribution is -0.125. The molecule has 8 nitrogen and oxygen atoms in total. The number of amides is 2. The van der Waals surface area contributed by atoms with E-state index in [4.69, 9.17) is 17.0 Å². The third-order valence-electron chi connectivity index (χ3n) is 8.00. The zero-order chi connectivity index (χ0) is 28.3. The average Bonchev–Trinajstić information content (AvgIpc) is 3.55. The van der Waals surface area contributed by atoms with E-state index >= 15 is 0 Å². The molecule has 0 bridgehead atoms. The quantitative estimate of drug-likeness (QED) is 0.286. The number of carbonyl (C=O) groups excluding carboxylic acids is 2. The maximum Gasteiger partial charge on any atom is 0.256 e. The Balaban J connectivity index is 1.22. The maximum atomic E-state index is 14.0. The van der Waals surface area contributed by atoms with Crippen molar-refractivity contribution in [1.82, 2.24) is 14.8 Å². The molecule has 0 spiro atoms. The zero-order valence-electron chi connectivity index (χ0n) is 23.0. The van der Waals surface area contributed by atoms with Gasteiger partial charge in [-0.3, -0.25) is 19.4 Å². The van der Waals surface area contributed by atoms with Crippen molar-refractivity contribution in [2.45, 2.75) is 37.9 Å². The highest BCUT2D eigenvalue weighted by Gasteiger charge is 2.48. The number of benzene rings is 3. The standard InChI is InChI=1S/C32H33N5O3S/c1-40-29-10-6-5-9-27(29)37-31(39)28(20-30(38)34-24-12-11-23-13-16-33-26(23)19-24)36(32(37)41)25-14-17-35(18-15-25)21-22-7-3-2-4-8-22/h2-13,16,19,25,28,33H,14-15,17-18,20-21H2,1H3,(H,34,38). The molecule has 0 aliphatic carbocycles. The van der Waals surface area contributed by atoms with Crippen molar-refractivity contribution in [3.05, 3.63) is 90.6 Å². The van der Waals surface area contributed by atoms with Gasteiger partial charge in [0.2, 0.25) is 5.91 Å². The van der Waals surface area contributed by atoms with E-state index in [1.54, 1.807) is 12.0 Å². The van der Waals surface area contributed by atoms with Crippen molar-refractivity contribution in [3.8, 4) is 5.75 Å². The number of nitrogens with zero attached hydrogens (tertiary/aromatic N) is 3. The van der Waals surface area contributed by atoms with Crippen LogP contribution >= 0.6 is 12.2 Å². The molecule has 210 valence electrons. The molecule has 0 saturated carbocycles. The van der Waals surface area contributed by atoms with Crippen molar-refractivity contribution < 1.29 is 14.3 Å². The van der Waals surface area contributed by atoms with Gasteiger partial charge in [0.15, 0.2) is 5.11 Å². The van der Waals surface area contributed by atoms with Gasteiger partial charge in [-0.1, -0.05) is 48.5 Å². The van der Waals surface area contributed by atoms with E-state index in [1.807, 2.05) is 65.7 Å². The molecule has 41 heavy (non-hydrogen) atoms. The molecule has 1 unspecified atom stereocenters. The van der Waals surface area contributed by atoms with Crippen LogP contribution in [0.15, 0.2) is 85.1 Å². The number of methoxy groups -OCH3 is 1. The Morgan fingerprint density at radius 3 is 2.56 bits per heavy atom. The van der Waals surface area contributed by atoms with Crippen molar-refractivity contribution in [3.63, 3.8) is 0 Å². The maximum absolute atomic E-state index is 14.0. The minimum Gasteiger partial charge on any atom is -0.495 e. The number of rotatable bonds is 8. The summed E-state index contributed by atoms with van der Waals surface area (Å²) in [6.07, 6.45) is 3.56. The molecule has 3 heterocycles. The Labute approximate surface area is 244 Å². The number of aromatic amines is 1. The molecule has 2 fully saturated rings. The van der Waals surface area contributed by atoms with Gasteiger partial charge < -0.3 is 19.9 Å². The number of anilines is 2. The van der Waals surface area contributed by atoms with Crippen LogP contribution in [-0.4, -0.2) is 64.0 Å². The predicted octanol–water partition coefficient (Wildman–Crippen LogP) is 5.17. The van der Waals surface area contributed by atoms with Gasteiger partial charge in [0.05, 0.1) is 19.2 Å². The number of ether oxygens (including phenoxy) is 1. The van der Waals surface area contributed by atoms with Crippen LogP contribution in [0.4, 0.5) is 11.4 Å². The predicted molar refractivity (Wildman–Crippen MR) is 165 cm³/mol. The first-order valence-corrected chi connectivity index (χ1v) is 14.3. The highest BCUT2D eigenvalue weighted by molar-refractivity contribution is 7.80. The number of H-pyrrole nitrogens is 1. The Bertz CT molecular complexity index is 1560. The Morgan fingerprint density at radius 2 is 1.78 bits per heavy atom. The molecule has 3 aromatic carbocycles. The fourth-order valence-corrected chi connectivity index (χ4v) is 6.42. The fraction of sp³-hybridized carbons (Fsp3) is 0.281. The summed E-state index contributed by atoms with van der Waals surface area (Å²) in [5.41, 5.74) is 3.50. The Morgan fingerprint density at radius 1 is 1.02 bits per heavy atom. The molecule has 2 aliphatic rings. The number of piperidine rings is 1. The van der Waals surface area contributed by atoms with E-state index in [0.29, 0.717) is 22.2 Å². The molecule has 2 N–H and O–H groups in total. The highest BCUT2D eigenvalue weighted by atomic mass is 32.1. The van der Waals surface area contributed by atoms with Gasteiger partial charge in [0.25, 0.3) is 5.91 Å². The van der Waals surface area contributed by atoms with Crippen LogP contribution in [0.25, 0.3) is 10.9 Å².